The van der Waals surface area contributed by atoms with Crippen LogP contribution in [0.4, 0.5) is 0 Å². The van der Waals surface area contributed by atoms with Gasteiger partial charge in [0.05, 0.1) is 0 Å². The molecule has 0 saturated carbocycles. The number of hydrogen-bond donors (Lipinski definition) is 0. The van der Waals surface area contributed by atoms with E-state index in [1.807, 2.05) is 0 Å². The predicted molar refractivity (Wildman–Crippen MR) is 151 cm³/mol. The number of benzene rings is 5. The molecule has 0 aliphatic rings. The van der Waals surface area contributed by atoms with Crippen molar-refractivity contribution in [1.82, 2.24) is 4.57 Å². The molecule has 3 heteroatoms. The fourth-order valence-electron chi connectivity index (χ4n) is 4.96. The van der Waals surface area contributed by atoms with Crippen molar-refractivity contribution in [1.29, 1.82) is 0 Å². The summed E-state index contributed by atoms with van der Waals surface area (Å²) in [6, 6.07) is 49.8. The molecule has 0 fully saturated rings. The highest BCUT2D eigenvalue weighted by molar-refractivity contribution is 5.64. The molecule has 0 aliphatic carbocycles. The molecule has 1 atom stereocenters. The number of imidazole rings is 1. The van der Waals surface area contributed by atoms with Gasteiger partial charge in [0.15, 0.2) is 6.04 Å². The zero-order chi connectivity index (χ0) is 24.9. The number of rotatable bonds is 7. The van der Waals surface area contributed by atoms with Gasteiger partial charge in [-0.3, -0.25) is 0 Å². The minimum Gasteiger partial charge on any atom is -1.00 e. The molecule has 0 saturated heterocycles. The summed E-state index contributed by atoms with van der Waals surface area (Å²) in [6.45, 7) is 0.830. The van der Waals surface area contributed by atoms with E-state index in [-0.39, 0.29) is 18.4 Å². The predicted octanol–water partition coefficient (Wildman–Crippen LogP) is 4.80. The second-order valence-electron chi connectivity index (χ2n) is 9.40. The number of aromatic nitrogens is 2. The van der Waals surface area contributed by atoms with Crippen molar-refractivity contribution in [3.8, 4) is 22.3 Å². The standard InChI is InChI=1S/C35H29N2.ClH/c1-4-10-29(11-5-1)31-18-16-28(17-19-31)26-36-24-25-37(27-36)35(33-14-8-3-9-15-33)34-22-20-32(21-23-34)30-12-6-2-7-13-30;/h1-25,27,35H,26H2;1H/q+1;/p-1. The highest BCUT2D eigenvalue weighted by atomic mass is 35.5. The van der Waals surface area contributed by atoms with Crippen molar-refractivity contribution in [3.05, 3.63) is 175 Å². The van der Waals surface area contributed by atoms with E-state index in [1.54, 1.807) is 0 Å². The second-order valence-corrected chi connectivity index (χ2v) is 9.40. The normalized spacial score (nSPS) is 11.5. The van der Waals surface area contributed by atoms with E-state index in [4.69, 9.17) is 0 Å². The van der Waals surface area contributed by atoms with Crippen LogP contribution in [0.1, 0.15) is 22.7 Å². The third-order valence-corrected chi connectivity index (χ3v) is 6.89. The molecular formula is C35H29ClN2. The smallest absolute Gasteiger partial charge is 0.244 e. The van der Waals surface area contributed by atoms with Crippen LogP contribution in [-0.2, 0) is 6.54 Å². The number of halogens is 1. The largest absolute Gasteiger partial charge is 1.00 e. The lowest BCUT2D eigenvalue weighted by molar-refractivity contribution is -0.687. The zero-order valence-corrected chi connectivity index (χ0v) is 21.8. The molecule has 0 spiro atoms. The molecule has 5 aromatic carbocycles. The molecule has 0 N–H and O–H groups in total. The molecule has 2 nitrogen and oxygen atoms in total. The van der Waals surface area contributed by atoms with Gasteiger partial charge in [0.1, 0.15) is 18.9 Å². The number of hydrogen-bond acceptors (Lipinski definition) is 0. The summed E-state index contributed by atoms with van der Waals surface area (Å²) in [5.74, 6) is 0. The van der Waals surface area contributed by atoms with Crippen LogP contribution in [0, 0.1) is 0 Å². The first kappa shape index (κ1) is 25.3. The van der Waals surface area contributed by atoms with Gasteiger partial charge in [-0.2, -0.15) is 0 Å². The first-order valence-electron chi connectivity index (χ1n) is 12.7. The summed E-state index contributed by atoms with van der Waals surface area (Å²) >= 11 is 0. The van der Waals surface area contributed by atoms with Crippen molar-refractivity contribution in [2.75, 3.05) is 0 Å². The van der Waals surface area contributed by atoms with E-state index in [1.165, 1.54) is 38.9 Å². The SMILES string of the molecule is [Cl-].c1ccc(-c2ccc(C[n+]3ccn(C(c4ccccc4)c4ccc(-c5ccccc5)cc4)c3)cc2)cc1. The van der Waals surface area contributed by atoms with E-state index in [9.17, 15) is 0 Å². The molecule has 0 bridgehead atoms. The summed E-state index contributed by atoms with van der Waals surface area (Å²) in [6.07, 6.45) is 6.56. The van der Waals surface area contributed by atoms with Gasteiger partial charge in [-0.25, -0.2) is 9.13 Å². The maximum atomic E-state index is 2.31. The van der Waals surface area contributed by atoms with Gasteiger partial charge in [0.2, 0.25) is 6.33 Å². The molecule has 1 heterocycles. The van der Waals surface area contributed by atoms with Gasteiger partial charge < -0.3 is 12.4 Å². The Balaban J connectivity index is 0.00000294. The van der Waals surface area contributed by atoms with Crippen molar-refractivity contribution >= 4 is 0 Å². The first-order chi connectivity index (χ1) is 18.3. The Morgan fingerprint density at radius 2 is 0.947 bits per heavy atom. The minimum atomic E-state index is 0. The van der Waals surface area contributed by atoms with E-state index in [0.29, 0.717) is 0 Å². The molecule has 1 aromatic heterocycles. The van der Waals surface area contributed by atoms with Gasteiger partial charge >= 0.3 is 0 Å². The van der Waals surface area contributed by atoms with Crippen LogP contribution in [0.2, 0.25) is 0 Å². The molecule has 6 aromatic rings. The summed E-state index contributed by atoms with van der Waals surface area (Å²) < 4.78 is 4.57. The fraction of sp³-hybridized carbons (Fsp3) is 0.0571. The summed E-state index contributed by atoms with van der Waals surface area (Å²) in [7, 11) is 0. The highest BCUT2D eigenvalue weighted by Gasteiger charge is 2.21. The average molecular weight is 513 g/mol. The van der Waals surface area contributed by atoms with Crippen molar-refractivity contribution in [2.45, 2.75) is 12.6 Å². The van der Waals surface area contributed by atoms with E-state index < -0.39 is 0 Å². The third kappa shape index (κ3) is 5.61. The van der Waals surface area contributed by atoms with Gasteiger partial charge in [0.25, 0.3) is 0 Å². The minimum absolute atomic E-state index is 0. The maximum absolute atomic E-state index is 2.31. The van der Waals surface area contributed by atoms with Crippen LogP contribution in [0.5, 0.6) is 0 Å². The monoisotopic (exact) mass is 512 g/mol. The third-order valence-electron chi connectivity index (χ3n) is 6.89. The average Bonchev–Trinajstić information content (AvgIpc) is 3.43. The number of nitrogens with zero attached hydrogens (tertiary/aromatic N) is 2. The Hall–Kier alpha value is -4.40. The summed E-state index contributed by atoms with van der Waals surface area (Å²) in [5.41, 5.74) is 8.78. The first-order valence-corrected chi connectivity index (χ1v) is 12.7. The molecular weight excluding hydrogens is 484 g/mol. The van der Waals surface area contributed by atoms with Crippen LogP contribution in [0.3, 0.4) is 0 Å². The molecule has 1 unspecified atom stereocenters. The summed E-state index contributed by atoms with van der Waals surface area (Å²) in [4.78, 5) is 0. The Morgan fingerprint density at radius 3 is 1.50 bits per heavy atom. The lowest BCUT2D eigenvalue weighted by Crippen LogP contribution is -3.00. The fourth-order valence-corrected chi connectivity index (χ4v) is 4.96. The highest BCUT2D eigenvalue weighted by Crippen LogP contribution is 2.29. The lowest BCUT2D eigenvalue weighted by Gasteiger charge is -2.15. The Morgan fingerprint density at radius 1 is 0.500 bits per heavy atom. The van der Waals surface area contributed by atoms with Crippen molar-refractivity contribution < 1.29 is 17.0 Å². The molecule has 0 radical (unpaired) electrons. The van der Waals surface area contributed by atoms with E-state index >= 15 is 0 Å². The molecule has 0 aliphatic heterocycles. The van der Waals surface area contributed by atoms with Crippen LogP contribution in [0.15, 0.2) is 158 Å². The van der Waals surface area contributed by atoms with Gasteiger partial charge in [-0.1, -0.05) is 140 Å². The van der Waals surface area contributed by atoms with Gasteiger partial charge in [-0.05, 0) is 27.8 Å². The Labute approximate surface area is 230 Å². The van der Waals surface area contributed by atoms with E-state index in [0.717, 1.165) is 6.54 Å². The van der Waals surface area contributed by atoms with Crippen molar-refractivity contribution in [3.63, 3.8) is 0 Å². The van der Waals surface area contributed by atoms with Gasteiger partial charge in [-0.15, -0.1) is 0 Å². The zero-order valence-electron chi connectivity index (χ0n) is 21.1. The topological polar surface area (TPSA) is 8.81 Å². The summed E-state index contributed by atoms with van der Waals surface area (Å²) in [5, 5.41) is 0. The van der Waals surface area contributed by atoms with Crippen LogP contribution < -0.4 is 17.0 Å². The van der Waals surface area contributed by atoms with Crippen LogP contribution in [0.25, 0.3) is 22.3 Å². The molecule has 0 amide bonds. The van der Waals surface area contributed by atoms with Crippen LogP contribution >= 0.6 is 0 Å². The Bertz CT molecular complexity index is 1560. The Kier molecular flexibility index (Phi) is 7.82. The molecule has 6 rings (SSSR count). The quantitative estimate of drug-likeness (QED) is 0.272. The molecule has 186 valence electrons. The van der Waals surface area contributed by atoms with E-state index in [2.05, 4.69) is 167 Å². The molecule has 38 heavy (non-hydrogen) atoms. The second kappa shape index (κ2) is 11.8. The van der Waals surface area contributed by atoms with Gasteiger partial charge in [0, 0.05) is 11.1 Å². The van der Waals surface area contributed by atoms with Crippen LogP contribution in [-0.4, -0.2) is 4.57 Å². The van der Waals surface area contributed by atoms with Crippen molar-refractivity contribution in [2.24, 2.45) is 0 Å². The maximum Gasteiger partial charge on any atom is 0.244 e. The lowest BCUT2D eigenvalue weighted by atomic mass is 9.96.